The normalized spacial score (nSPS) is 11.3. The van der Waals surface area contributed by atoms with Crippen molar-refractivity contribution in [1.29, 1.82) is 0 Å². The van der Waals surface area contributed by atoms with E-state index >= 15 is 0 Å². The quantitative estimate of drug-likeness (QED) is 0.341. The summed E-state index contributed by atoms with van der Waals surface area (Å²) in [6, 6.07) is 8.12. The van der Waals surface area contributed by atoms with E-state index in [2.05, 4.69) is 36.5 Å². The topological polar surface area (TPSA) is 53.0 Å². The minimum atomic E-state index is 0. The maximum Gasteiger partial charge on any atom is 0.194 e. The number of para-hydroxylation sites is 1. The molecule has 1 aromatic heterocycles. The molecule has 6 nitrogen and oxygen atoms in total. The molecule has 0 radical (unpaired) electrons. The molecule has 1 N–H and O–H groups in total. The fraction of sp³-hybridized carbons (Fsp3) is 0.474. The number of halogens is 1. The highest BCUT2D eigenvalue weighted by molar-refractivity contribution is 14.0. The number of nitrogens with zero attached hydrogens (tertiary/aromatic N) is 4. The molecule has 27 heavy (non-hydrogen) atoms. The van der Waals surface area contributed by atoms with Crippen LogP contribution >= 0.6 is 35.3 Å². The average Bonchev–Trinajstić information content (AvgIpc) is 3.01. The van der Waals surface area contributed by atoms with Crippen LogP contribution in [0.5, 0.6) is 5.75 Å². The summed E-state index contributed by atoms with van der Waals surface area (Å²) in [5.74, 6) is 1.74. The van der Waals surface area contributed by atoms with Gasteiger partial charge in [-0.15, -0.1) is 35.3 Å². The van der Waals surface area contributed by atoms with Gasteiger partial charge >= 0.3 is 0 Å². The lowest BCUT2D eigenvalue weighted by atomic mass is 10.2. The zero-order valence-corrected chi connectivity index (χ0v) is 19.9. The van der Waals surface area contributed by atoms with Gasteiger partial charge in [0, 0.05) is 38.1 Å². The van der Waals surface area contributed by atoms with Gasteiger partial charge in [0.2, 0.25) is 0 Å². The third-order valence-electron chi connectivity index (χ3n) is 3.84. The van der Waals surface area contributed by atoms with Gasteiger partial charge < -0.3 is 19.9 Å². The molecule has 0 amide bonds. The van der Waals surface area contributed by atoms with Crippen LogP contribution in [0.4, 0.5) is 0 Å². The monoisotopic (exact) mass is 503 g/mol. The summed E-state index contributed by atoms with van der Waals surface area (Å²) in [6.07, 6.45) is 0. The summed E-state index contributed by atoms with van der Waals surface area (Å²) in [6.45, 7) is 4.96. The van der Waals surface area contributed by atoms with E-state index in [1.165, 1.54) is 0 Å². The number of hydrogen-bond acceptors (Lipinski definition) is 5. The molecule has 0 fully saturated rings. The second-order valence-corrected chi connectivity index (χ2v) is 7.44. The zero-order valence-electron chi connectivity index (χ0n) is 16.7. The van der Waals surface area contributed by atoms with E-state index in [1.807, 2.05) is 46.3 Å². The Kier molecular flexibility index (Phi) is 10.6. The van der Waals surface area contributed by atoms with Crippen molar-refractivity contribution in [2.75, 3.05) is 41.3 Å². The van der Waals surface area contributed by atoms with E-state index in [1.54, 1.807) is 18.4 Å². The lowest BCUT2D eigenvalue weighted by molar-refractivity contribution is 0.259. The van der Waals surface area contributed by atoms with Gasteiger partial charge in [0.1, 0.15) is 12.4 Å². The summed E-state index contributed by atoms with van der Waals surface area (Å²) >= 11 is 1.67. The molecule has 0 atom stereocenters. The van der Waals surface area contributed by atoms with Crippen molar-refractivity contribution in [3.63, 3.8) is 0 Å². The predicted molar refractivity (Wildman–Crippen MR) is 124 cm³/mol. The molecule has 0 aliphatic rings. The van der Waals surface area contributed by atoms with E-state index < -0.39 is 0 Å². The van der Waals surface area contributed by atoms with Gasteiger partial charge in [0.05, 0.1) is 17.2 Å². The van der Waals surface area contributed by atoms with Gasteiger partial charge in [-0.3, -0.25) is 4.99 Å². The number of likely N-dealkylation sites (N-methyl/N-ethyl adjacent to an activating group) is 1. The maximum absolute atomic E-state index is 5.93. The van der Waals surface area contributed by atoms with E-state index in [9.17, 15) is 0 Å². The van der Waals surface area contributed by atoms with Crippen LogP contribution < -0.4 is 10.1 Å². The Morgan fingerprint density at radius 3 is 2.63 bits per heavy atom. The predicted octanol–water partition coefficient (Wildman–Crippen LogP) is 3.22. The number of benzene rings is 1. The third-order valence-corrected chi connectivity index (χ3v) is 4.67. The SMILES string of the molecule is CN=C(NCc1ccccc1OCCN(C)C)N(C)Cc1csc(C)n1.I. The molecule has 2 rings (SSSR count). The van der Waals surface area contributed by atoms with Crippen molar-refractivity contribution in [3.8, 4) is 5.75 Å². The van der Waals surface area contributed by atoms with Gasteiger partial charge in [-0.05, 0) is 27.1 Å². The summed E-state index contributed by atoms with van der Waals surface area (Å²) < 4.78 is 5.93. The van der Waals surface area contributed by atoms with E-state index in [0.717, 1.165) is 41.1 Å². The largest absolute Gasteiger partial charge is 0.492 e. The lowest BCUT2D eigenvalue weighted by Gasteiger charge is -2.22. The van der Waals surface area contributed by atoms with Crippen LogP contribution in [0.1, 0.15) is 16.3 Å². The number of aryl methyl sites for hydroxylation is 1. The molecular weight excluding hydrogens is 473 g/mol. The zero-order chi connectivity index (χ0) is 18.9. The summed E-state index contributed by atoms with van der Waals surface area (Å²) in [7, 11) is 7.90. The number of hydrogen-bond donors (Lipinski definition) is 1. The van der Waals surface area contributed by atoms with Crippen molar-refractivity contribution in [3.05, 3.63) is 45.9 Å². The number of aliphatic imine (C=N–C) groups is 1. The fourth-order valence-corrected chi connectivity index (χ4v) is 3.09. The molecule has 1 aromatic carbocycles. The van der Waals surface area contributed by atoms with E-state index in [4.69, 9.17) is 4.74 Å². The molecule has 0 spiro atoms. The first-order chi connectivity index (χ1) is 12.5. The Labute approximate surface area is 183 Å². The van der Waals surface area contributed by atoms with Gasteiger partial charge in [-0.1, -0.05) is 18.2 Å². The number of guanidine groups is 1. The van der Waals surface area contributed by atoms with Crippen molar-refractivity contribution in [1.82, 2.24) is 20.1 Å². The number of nitrogens with one attached hydrogen (secondary N) is 1. The highest BCUT2D eigenvalue weighted by Gasteiger charge is 2.10. The van der Waals surface area contributed by atoms with E-state index in [0.29, 0.717) is 13.2 Å². The van der Waals surface area contributed by atoms with Crippen LogP contribution in [0.25, 0.3) is 0 Å². The summed E-state index contributed by atoms with van der Waals surface area (Å²) in [5.41, 5.74) is 2.18. The number of rotatable bonds is 8. The number of aromatic nitrogens is 1. The standard InChI is InChI=1S/C19H29N5OS.HI/c1-15-22-17(14-26-15)13-24(5)19(20-2)21-12-16-8-6-7-9-18(16)25-11-10-23(3)4;/h6-9,14H,10-13H2,1-5H3,(H,20,21);1H. The Hall–Kier alpha value is -1.39. The van der Waals surface area contributed by atoms with Crippen LogP contribution in [-0.4, -0.2) is 62.1 Å². The first-order valence-corrected chi connectivity index (χ1v) is 9.55. The molecule has 0 saturated heterocycles. The Balaban J connectivity index is 0.00000364. The Bertz CT molecular complexity index is 720. The lowest BCUT2D eigenvalue weighted by Crippen LogP contribution is -2.38. The molecule has 8 heteroatoms. The first kappa shape index (κ1) is 23.6. The molecule has 0 aliphatic carbocycles. The minimum Gasteiger partial charge on any atom is -0.492 e. The number of thiazole rings is 1. The van der Waals surface area contributed by atoms with Crippen LogP contribution in [0.15, 0.2) is 34.6 Å². The summed E-state index contributed by atoms with van der Waals surface area (Å²) in [4.78, 5) is 13.1. The fourth-order valence-electron chi connectivity index (χ4n) is 2.49. The van der Waals surface area contributed by atoms with Gasteiger partial charge in [-0.2, -0.15) is 0 Å². The van der Waals surface area contributed by atoms with Crippen molar-refractivity contribution in [2.24, 2.45) is 4.99 Å². The van der Waals surface area contributed by atoms with Gasteiger partial charge in [-0.25, -0.2) is 4.98 Å². The second kappa shape index (κ2) is 12.1. The highest BCUT2D eigenvalue weighted by atomic mass is 127. The van der Waals surface area contributed by atoms with Gasteiger partial charge in [0.15, 0.2) is 5.96 Å². The molecule has 0 bridgehead atoms. The molecule has 0 aliphatic heterocycles. The highest BCUT2D eigenvalue weighted by Crippen LogP contribution is 2.18. The first-order valence-electron chi connectivity index (χ1n) is 8.68. The van der Waals surface area contributed by atoms with Crippen LogP contribution in [0.3, 0.4) is 0 Å². The third kappa shape index (κ3) is 8.02. The second-order valence-electron chi connectivity index (χ2n) is 6.37. The van der Waals surface area contributed by atoms with Gasteiger partial charge in [0.25, 0.3) is 0 Å². The average molecular weight is 503 g/mol. The molecule has 150 valence electrons. The van der Waals surface area contributed by atoms with Crippen LogP contribution in [-0.2, 0) is 13.1 Å². The maximum atomic E-state index is 5.93. The molecule has 0 unspecified atom stereocenters. The van der Waals surface area contributed by atoms with Crippen LogP contribution in [0.2, 0.25) is 0 Å². The number of ether oxygens (including phenoxy) is 1. The Morgan fingerprint density at radius 2 is 2.00 bits per heavy atom. The smallest absolute Gasteiger partial charge is 0.194 e. The van der Waals surface area contributed by atoms with Crippen molar-refractivity contribution < 1.29 is 4.74 Å². The molecule has 1 heterocycles. The van der Waals surface area contributed by atoms with Crippen molar-refractivity contribution >= 4 is 41.3 Å². The van der Waals surface area contributed by atoms with Crippen molar-refractivity contribution in [2.45, 2.75) is 20.0 Å². The van der Waals surface area contributed by atoms with Crippen LogP contribution in [0, 0.1) is 6.92 Å². The molecular formula is C19H30IN5OS. The van der Waals surface area contributed by atoms with E-state index in [-0.39, 0.29) is 24.0 Å². The molecule has 0 saturated carbocycles. The summed E-state index contributed by atoms with van der Waals surface area (Å²) in [5, 5.41) is 6.59. The Morgan fingerprint density at radius 1 is 1.26 bits per heavy atom. The molecule has 2 aromatic rings. The minimum absolute atomic E-state index is 0.